The Bertz CT molecular complexity index is 1490. The van der Waals surface area contributed by atoms with E-state index in [9.17, 15) is 27.9 Å². The zero-order valence-corrected chi connectivity index (χ0v) is 19.2. The van der Waals surface area contributed by atoms with Crippen molar-refractivity contribution in [2.45, 2.75) is 44.4 Å². The van der Waals surface area contributed by atoms with Crippen molar-refractivity contribution in [2.75, 3.05) is 5.32 Å². The molecule has 6 nitrogen and oxygen atoms in total. The fraction of sp³-hybridized carbons (Fsp3) is 0.269. The zero-order valence-electron chi connectivity index (χ0n) is 19.2. The molecule has 0 radical (unpaired) electrons. The van der Waals surface area contributed by atoms with E-state index in [4.69, 9.17) is 0 Å². The van der Waals surface area contributed by atoms with E-state index in [1.807, 2.05) is 18.2 Å². The van der Waals surface area contributed by atoms with Gasteiger partial charge in [0.05, 0.1) is 11.1 Å². The van der Waals surface area contributed by atoms with Crippen molar-refractivity contribution in [3.05, 3.63) is 82.3 Å². The maximum absolute atomic E-state index is 14.2. The highest BCUT2D eigenvalue weighted by Crippen LogP contribution is 2.43. The van der Waals surface area contributed by atoms with Crippen molar-refractivity contribution in [3.63, 3.8) is 0 Å². The molecule has 0 aliphatic heterocycles. The van der Waals surface area contributed by atoms with E-state index < -0.39 is 35.1 Å². The average Bonchev–Trinajstić information content (AvgIpc) is 2.80. The lowest BCUT2D eigenvalue weighted by Gasteiger charge is -2.37. The third-order valence-electron chi connectivity index (χ3n) is 6.21. The van der Waals surface area contributed by atoms with Crippen molar-refractivity contribution in [3.8, 4) is 0 Å². The smallest absolute Gasteiger partial charge is 0.373 e. The van der Waals surface area contributed by atoms with E-state index in [-0.39, 0.29) is 11.1 Å². The van der Waals surface area contributed by atoms with Gasteiger partial charge in [0.1, 0.15) is 0 Å². The molecule has 1 amide bonds. The van der Waals surface area contributed by atoms with E-state index in [0.717, 1.165) is 10.8 Å². The van der Waals surface area contributed by atoms with Crippen LogP contribution in [0.2, 0.25) is 0 Å². The summed E-state index contributed by atoms with van der Waals surface area (Å²) in [6, 6.07) is 16.4. The Labute approximate surface area is 198 Å². The van der Waals surface area contributed by atoms with Crippen LogP contribution in [-0.2, 0) is 10.2 Å². The van der Waals surface area contributed by atoms with Crippen LogP contribution in [0.5, 0.6) is 0 Å². The summed E-state index contributed by atoms with van der Waals surface area (Å²) < 4.78 is 47.3. The molecule has 182 valence electrons. The minimum atomic E-state index is -5.26. The first-order valence-corrected chi connectivity index (χ1v) is 10.8. The maximum atomic E-state index is 14.2. The van der Waals surface area contributed by atoms with Gasteiger partial charge in [0, 0.05) is 17.5 Å². The van der Waals surface area contributed by atoms with Gasteiger partial charge in [-0.1, -0.05) is 61.5 Å². The van der Waals surface area contributed by atoms with Gasteiger partial charge in [-0.05, 0) is 46.9 Å². The summed E-state index contributed by atoms with van der Waals surface area (Å²) in [4.78, 5) is 24.8. The molecule has 2 N–H and O–H groups in total. The number of aromatic nitrogens is 1. The SMILES string of the molecule is Cc1noc(=O)c2ccc(NC(=O)C(O)(CC(C)(C)c3cccc4ccccc34)C(F)(F)F)cc12. The number of carbonyl (C=O) groups excluding carboxylic acids is 1. The number of carbonyl (C=O) groups is 1. The maximum Gasteiger partial charge on any atom is 0.426 e. The first-order valence-electron chi connectivity index (χ1n) is 10.8. The van der Waals surface area contributed by atoms with E-state index in [2.05, 4.69) is 15.0 Å². The molecule has 35 heavy (non-hydrogen) atoms. The Kier molecular flexibility index (Phi) is 5.92. The number of fused-ring (bicyclic) bond motifs is 2. The fourth-order valence-electron chi connectivity index (χ4n) is 4.40. The largest absolute Gasteiger partial charge is 0.426 e. The molecule has 0 aliphatic rings. The normalized spacial score (nSPS) is 14.1. The Morgan fingerprint density at radius 3 is 2.40 bits per heavy atom. The van der Waals surface area contributed by atoms with Gasteiger partial charge in [0.15, 0.2) is 0 Å². The predicted octanol–water partition coefficient (Wildman–Crippen LogP) is 5.25. The molecule has 1 aromatic heterocycles. The van der Waals surface area contributed by atoms with E-state index in [1.165, 1.54) is 18.2 Å². The molecule has 9 heteroatoms. The molecule has 1 heterocycles. The van der Waals surface area contributed by atoms with Crippen LogP contribution in [-0.4, -0.2) is 27.9 Å². The molecular formula is C26H23F3N2O4. The molecule has 1 atom stereocenters. The second kappa shape index (κ2) is 8.49. The first kappa shape index (κ1) is 24.4. The minimum Gasteiger partial charge on any atom is -0.373 e. The second-order valence-electron chi connectivity index (χ2n) is 9.22. The highest BCUT2D eigenvalue weighted by Gasteiger charge is 2.61. The van der Waals surface area contributed by atoms with Crippen LogP contribution >= 0.6 is 0 Å². The Balaban J connectivity index is 1.71. The monoisotopic (exact) mass is 484 g/mol. The van der Waals surface area contributed by atoms with Crippen LogP contribution in [0.1, 0.15) is 31.5 Å². The van der Waals surface area contributed by atoms with Gasteiger partial charge in [0.2, 0.25) is 5.60 Å². The topological polar surface area (TPSA) is 92.4 Å². The van der Waals surface area contributed by atoms with Crippen LogP contribution in [0.3, 0.4) is 0 Å². The number of anilines is 1. The predicted molar refractivity (Wildman–Crippen MR) is 126 cm³/mol. The fourth-order valence-corrected chi connectivity index (χ4v) is 4.40. The molecular weight excluding hydrogens is 461 g/mol. The number of amides is 1. The first-order chi connectivity index (χ1) is 16.3. The Morgan fingerprint density at radius 2 is 1.69 bits per heavy atom. The number of hydrogen-bond acceptors (Lipinski definition) is 5. The number of aliphatic hydroxyl groups is 1. The lowest BCUT2D eigenvalue weighted by Crippen LogP contribution is -2.57. The molecule has 0 bridgehead atoms. The van der Waals surface area contributed by atoms with Crippen LogP contribution in [0.25, 0.3) is 21.5 Å². The number of nitrogens with zero attached hydrogens (tertiary/aromatic N) is 1. The van der Waals surface area contributed by atoms with Crippen LogP contribution in [0, 0.1) is 6.92 Å². The van der Waals surface area contributed by atoms with Crippen molar-refractivity contribution in [2.24, 2.45) is 0 Å². The molecule has 0 saturated heterocycles. The standard InChI is InChI=1S/C26H23F3N2O4/c1-15-20-13-17(11-12-19(20)22(32)35-31-15)30-23(33)25(34,26(27,28)29)14-24(2,3)21-10-6-8-16-7-4-5-9-18(16)21/h4-13,34H,14H2,1-3H3,(H,30,33). The Hall–Kier alpha value is -3.72. The summed E-state index contributed by atoms with van der Waals surface area (Å²) >= 11 is 0. The van der Waals surface area contributed by atoms with Gasteiger partial charge in [-0.15, -0.1) is 0 Å². The van der Waals surface area contributed by atoms with Gasteiger partial charge in [-0.25, -0.2) is 4.79 Å². The molecule has 0 aliphatic carbocycles. The van der Waals surface area contributed by atoms with Gasteiger partial charge < -0.3 is 14.9 Å². The van der Waals surface area contributed by atoms with E-state index >= 15 is 0 Å². The number of halogens is 3. The summed E-state index contributed by atoms with van der Waals surface area (Å²) in [7, 11) is 0. The van der Waals surface area contributed by atoms with Gasteiger partial charge in [0.25, 0.3) is 5.91 Å². The lowest BCUT2D eigenvalue weighted by atomic mass is 9.73. The van der Waals surface area contributed by atoms with Gasteiger partial charge in [-0.3, -0.25) is 4.79 Å². The van der Waals surface area contributed by atoms with E-state index in [1.54, 1.807) is 45.0 Å². The summed E-state index contributed by atoms with van der Waals surface area (Å²) in [5, 5.41) is 18.7. The summed E-state index contributed by atoms with van der Waals surface area (Å²) in [5.74, 6) is -1.62. The number of rotatable bonds is 5. The van der Waals surface area contributed by atoms with Crippen LogP contribution < -0.4 is 10.9 Å². The highest BCUT2D eigenvalue weighted by molar-refractivity contribution is 6.00. The summed E-state index contributed by atoms with van der Waals surface area (Å²) in [6.07, 6.45) is -6.17. The second-order valence-corrected chi connectivity index (χ2v) is 9.22. The van der Waals surface area contributed by atoms with Crippen molar-refractivity contribution < 1.29 is 27.6 Å². The zero-order chi connectivity index (χ0) is 25.6. The number of hydrogen-bond donors (Lipinski definition) is 2. The van der Waals surface area contributed by atoms with Gasteiger partial charge >= 0.3 is 11.8 Å². The highest BCUT2D eigenvalue weighted by atomic mass is 19.4. The van der Waals surface area contributed by atoms with E-state index in [0.29, 0.717) is 16.6 Å². The van der Waals surface area contributed by atoms with Crippen LogP contribution in [0.15, 0.2) is 70.0 Å². The van der Waals surface area contributed by atoms with Crippen LogP contribution in [0.4, 0.5) is 18.9 Å². The molecule has 4 rings (SSSR count). The lowest BCUT2D eigenvalue weighted by molar-refractivity contribution is -0.254. The summed E-state index contributed by atoms with van der Waals surface area (Å²) in [5.41, 5.74) is -4.77. The Morgan fingerprint density at radius 1 is 1.00 bits per heavy atom. The summed E-state index contributed by atoms with van der Waals surface area (Å²) in [6.45, 7) is 4.67. The average molecular weight is 484 g/mol. The minimum absolute atomic E-state index is 0.0244. The quantitative estimate of drug-likeness (QED) is 0.404. The molecule has 0 fully saturated rings. The molecule has 1 unspecified atom stereocenters. The molecule has 0 spiro atoms. The number of benzene rings is 3. The third-order valence-corrected chi connectivity index (χ3v) is 6.21. The van der Waals surface area contributed by atoms with Gasteiger partial charge in [-0.2, -0.15) is 13.2 Å². The third kappa shape index (κ3) is 4.39. The number of aryl methyl sites for hydroxylation is 1. The molecule has 3 aromatic carbocycles. The number of alkyl halides is 3. The molecule has 4 aromatic rings. The number of nitrogens with one attached hydrogen (secondary N) is 1. The van der Waals surface area contributed by atoms with Crippen molar-refractivity contribution in [1.82, 2.24) is 5.16 Å². The van der Waals surface area contributed by atoms with Crippen molar-refractivity contribution in [1.29, 1.82) is 0 Å². The van der Waals surface area contributed by atoms with Crippen molar-refractivity contribution >= 4 is 33.1 Å². The molecule has 0 saturated carbocycles.